The highest BCUT2D eigenvalue weighted by Crippen LogP contribution is 2.26. The summed E-state index contributed by atoms with van der Waals surface area (Å²) >= 11 is 7.23. The first-order chi connectivity index (χ1) is 10.2. The van der Waals surface area contributed by atoms with Crippen molar-refractivity contribution in [3.63, 3.8) is 0 Å². The van der Waals surface area contributed by atoms with Crippen molar-refractivity contribution < 1.29 is 4.74 Å². The van der Waals surface area contributed by atoms with Gasteiger partial charge >= 0.3 is 0 Å². The molecule has 110 valence electrons. The lowest BCUT2D eigenvalue weighted by Crippen LogP contribution is -2.00. The second-order valence-corrected chi connectivity index (χ2v) is 6.23. The number of aromatic amines is 1. The van der Waals surface area contributed by atoms with Crippen LogP contribution in [0.2, 0.25) is 0 Å². The highest BCUT2D eigenvalue weighted by Gasteiger charge is 2.10. The van der Waals surface area contributed by atoms with Crippen molar-refractivity contribution in [1.82, 2.24) is 9.55 Å². The average molecular weight is 318 g/mol. The molecule has 0 saturated heterocycles. The van der Waals surface area contributed by atoms with Crippen LogP contribution < -0.4 is 4.74 Å². The van der Waals surface area contributed by atoms with Crippen molar-refractivity contribution >= 4 is 34.6 Å². The van der Waals surface area contributed by atoms with Crippen LogP contribution in [-0.2, 0) is 6.54 Å². The van der Waals surface area contributed by atoms with Gasteiger partial charge in [0, 0.05) is 0 Å². The van der Waals surface area contributed by atoms with E-state index in [9.17, 15) is 0 Å². The van der Waals surface area contributed by atoms with E-state index in [2.05, 4.69) is 40.2 Å². The predicted octanol–water partition coefficient (Wildman–Crippen LogP) is 4.91. The topological polar surface area (TPSA) is 29.9 Å². The molecule has 1 aromatic carbocycles. The Balaban J connectivity index is 2.05. The lowest BCUT2D eigenvalue weighted by molar-refractivity contribution is 0.320. The largest absolute Gasteiger partial charge is 0.491 e. The van der Waals surface area contributed by atoms with E-state index in [-0.39, 0.29) is 0 Å². The van der Waals surface area contributed by atoms with Crippen LogP contribution in [0.4, 0.5) is 0 Å². The zero-order chi connectivity index (χ0) is 14.8. The first-order valence-electron chi connectivity index (χ1n) is 7.06. The van der Waals surface area contributed by atoms with Crippen molar-refractivity contribution in [3.8, 4) is 5.75 Å². The molecule has 0 unspecified atom stereocenters. The number of hydrogen-bond acceptors (Lipinski definition) is 3. The third kappa shape index (κ3) is 2.76. The number of aromatic nitrogens is 2. The van der Waals surface area contributed by atoms with E-state index in [1.54, 1.807) is 11.3 Å². The molecular weight excluding hydrogens is 300 g/mol. The monoisotopic (exact) mass is 318 g/mol. The fourth-order valence-electron chi connectivity index (χ4n) is 2.36. The number of thiophene rings is 1. The van der Waals surface area contributed by atoms with Gasteiger partial charge in [-0.15, -0.1) is 0 Å². The minimum atomic E-state index is 0.717. The van der Waals surface area contributed by atoms with Crippen LogP contribution in [0.5, 0.6) is 5.75 Å². The summed E-state index contributed by atoms with van der Waals surface area (Å²) in [5.74, 6) is 0.876. The Morgan fingerprint density at radius 3 is 2.90 bits per heavy atom. The van der Waals surface area contributed by atoms with Gasteiger partial charge in [0.25, 0.3) is 0 Å². The van der Waals surface area contributed by atoms with E-state index in [0.29, 0.717) is 6.61 Å². The summed E-state index contributed by atoms with van der Waals surface area (Å²) in [6, 6.07) is 6.10. The van der Waals surface area contributed by atoms with Gasteiger partial charge in [0.2, 0.25) is 0 Å². The molecule has 21 heavy (non-hydrogen) atoms. The van der Waals surface area contributed by atoms with Crippen LogP contribution >= 0.6 is 23.6 Å². The number of ether oxygens (including phenoxy) is 1. The van der Waals surface area contributed by atoms with E-state index in [0.717, 1.165) is 34.5 Å². The van der Waals surface area contributed by atoms with Crippen molar-refractivity contribution in [1.29, 1.82) is 0 Å². The molecule has 0 amide bonds. The van der Waals surface area contributed by atoms with Gasteiger partial charge in [0.1, 0.15) is 11.3 Å². The minimum Gasteiger partial charge on any atom is -0.491 e. The van der Waals surface area contributed by atoms with E-state index < -0.39 is 0 Å². The molecule has 0 atom stereocenters. The molecule has 5 heteroatoms. The third-order valence-corrected chi connectivity index (χ3v) is 4.76. The van der Waals surface area contributed by atoms with E-state index in [1.165, 1.54) is 11.1 Å². The van der Waals surface area contributed by atoms with Crippen LogP contribution in [0.1, 0.15) is 24.5 Å². The number of nitrogens with one attached hydrogen (secondary N) is 1. The van der Waals surface area contributed by atoms with Gasteiger partial charge in [-0.25, -0.2) is 0 Å². The first-order valence-corrected chi connectivity index (χ1v) is 8.41. The molecular formula is C16H18N2OS2. The second-order valence-electron chi connectivity index (χ2n) is 5.10. The molecule has 0 aliphatic rings. The summed E-state index contributed by atoms with van der Waals surface area (Å²) in [6.07, 6.45) is 0.992. The minimum absolute atomic E-state index is 0.717. The highest BCUT2D eigenvalue weighted by atomic mass is 32.1. The number of benzene rings is 1. The molecule has 0 radical (unpaired) electrons. The van der Waals surface area contributed by atoms with Crippen LogP contribution in [0.3, 0.4) is 0 Å². The first kappa shape index (κ1) is 14.4. The molecule has 2 heterocycles. The van der Waals surface area contributed by atoms with Gasteiger partial charge in [-0.05, 0) is 59.6 Å². The van der Waals surface area contributed by atoms with Gasteiger partial charge in [-0.3, -0.25) is 0 Å². The third-order valence-electron chi connectivity index (χ3n) is 3.52. The molecule has 0 aliphatic heterocycles. The van der Waals surface area contributed by atoms with Gasteiger partial charge in [-0.1, -0.05) is 13.0 Å². The summed E-state index contributed by atoms with van der Waals surface area (Å²) in [5, 5.41) is 4.36. The average Bonchev–Trinajstić information content (AvgIpc) is 3.02. The highest BCUT2D eigenvalue weighted by molar-refractivity contribution is 7.71. The van der Waals surface area contributed by atoms with E-state index in [1.807, 2.05) is 12.1 Å². The summed E-state index contributed by atoms with van der Waals surface area (Å²) in [4.78, 5) is 3.29. The normalized spacial score (nSPS) is 11.1. The predicted molar refractivity (Wildman–Crippen MR) is 91.1 cm³/mol. The fourth-order valence-corrected chi connectivity index (χ4v) is 3.48. The fraction of sp³-hybridized carbons (Fsp3) is 0.312. The molecule has 3 nitrogen and oxygen atoms in total. The van der Waals surface area contributed by atoms with Crippen LogP contribution in [-0.4, -0.2) is 16.2 Å². The Morgan fingerprint density at radius 1 is 1.33 bits per heavy atom. The standard InChI is InChI=1S/C16H18N2OS2/c1-3-7-19-14-6-4-5-13-15(14)17-16(20)18(13)8-12-10-21-9-11(12)2/h4-6,9-10H,3,7-8H2,1-2H3,(H,17,20). The van der Waals surface area contributed by atoms with E-state index >= 15 is 0 Å². The molecule has 0 saturated carbocycles. The Morgan fingerprint density at radius 2 is 2.19 bits per heavy atom. The number of hydrogen-bond donors (Lipinski definition) is 1. The van der Waals surface area contributed by atoms with Crippen LogP contribution in [0.25, 0.3) is 11.0 Å². The van der Waals surface area contributed by atoms with Crippen LogP contribution in [0.15, 0.2) is 29.0 Å². The maximum absolute atomic E-state index is 5.81. The molecule has 3 aromatic rings. The molecule has 3 rings (SSSR count). The van der Waals surface area contributed by atoms with Crippen molar-refractivity contribution in [2.45, 2.75) is 26.8 Å². The Labute approximate surface area is 133 Å². The van der Waals surface area contributed by atoms with Crippen molar-refractivity contribution in [2.75, 3.05) is 6.61 Å². The Bertz CT molecular complexity index is 813. The molecule has 0 fully saturated rings. The number of aryl methyl sites for hydroxylation is 1. The van der Waals surface area contributed by atoms with Gasteiger partial charge < -0.3 is 14.3 Å². The van der Waals surface area contributed by atoms with Gasteiger partial charge in [0.15, 0.2) is 4.77 Å². The number of rotatable bonds is 5. The molecule has 2 aromatic heterocycles. The quantitative estimate of drug-likeness (QED) is 0.678. The zero-order valence-corrected chi connectivity index (χ0v) is 13.8. The summed E-state index contributed by atoms with van der Waals surface area (Å²) in [7, 11) is 0. The summed E-state index contributed by atoms with van der Waals surface area (Å²) in [6.45, 7) is 5.76. The lowest BCUT2D eigenvalue weighted by atomic mass is 10.2. The number of para-hydroxylation sites is 1. The van der Waals surface area contributed by atoms with Crippen LogP contribution in [0, 0.1) is 11.7 Å². The maximum atomic E-state index is 5.81. The molecule has 0 spiro atoms. The SMILES string of the molecule is CCCOc1cccc2c1[nH]c(=S)n2Cc1cscc1C. The second kappa shape index (κ2) is 6.03. The molecule has 0 aliphatic carbocycles. The molecule has 1 N–H and O–H groups in total. The van der Waals surface area contributed by atoms with Gasteiger partial charge in [0.05, 0.1) is 18.7 Å². The number of imidazole rings is 1. The van der Waals surface area contributed by atoms with Crippen molar-refractivity contribution in [2.24, 2.45) is 0 Å². The number of nitrogens with zero attached hydrogens (tertiary/aromatic N) is 1. The lowest BCUT2D eigenvalue weighted by Gasteiger charge is -2.07. The number of H-pyrrole nitrogens is 1. The van der Waals surface area contributed by atoms with Gasteiger partial charge in [-0.2, -0.15) is 11.3 Å². The Hall–Kier alpha value is -1.59. The smallest absolute Gasteiger partial charge is 0.178 e. The Kier molecular flexibility index (Phi) is 4.12. The number of fused-ring (bicyclic) bond motifs is 1. The maximum Gasteiger partial charge on any atom is 0.178 e. The molecule has 0 bridgehead atoms. The van der Waals surface area contributed by atoms with Crippen molar-refractivity contribution in [3.05, 3.63) is 44.9 Å². The summed E-state index contributed by atoms with van der Waals surface area (Å²) in [5.41, 5.74) is 4.72. The zero-order valence-electron chi connectivity index (χ0n) is 12.2. The summed E-state index contributed by atoms with van der Waals surface area (Å²) < 4.78 is 8.68. The van der Waals surface area contributed by atoms with E-state index in [4.69, 9.17) is 17.0 Å².